The van der Waals surface area contributed by atoms with E-state index in [1.807, 2.05) is 0 Å². The van der Waals surface area contributed by atoms with E-state index in [9.17, 15) is 17.6 Å². The first kappa shape index (κ1) is 18.4. The molecule has 2 aliphatic heterocycles. The lowest BCUT2D eigenvalue weighted by molar-refractivity contribution is -0.0317. The van der Waals surface area contributed by atoms with E-state index in [1.165, 1.54) is 30.8 Å². The van der Waals surface area contributed by atoms with Gasteiger partial charge in [-0.1, -0.05) is 6.42 Å². The van der Waals surface area contributed by atoms with Gasteiger partial charge in [-0.15, -0.1) is 0 Å². The topological polar surface area (TPSA) is 68.6 Å². The minimum Gasteiger partial charge on any atom is -0.459 e. The predicted molar refractivity (Wildman–Crippen MR) is 99.8 cm³/mol. The average molecular weight is 394 g/mol. The first-order valence-corrected chi connectivity index (χ1v) is 11.0. The zero-order chi connectivity index (χ0) is 19.3. The second kappa shape index (κ2) is 6.60. The fourth-order valence-corrected chi connectivity index (χ4v) is 5.30. The molecule has 27 heavy (non-hydrogen) atoms. The highest BCUT2D eigenvalue weighted by Gasteiger charge is 2.38. The minimum atomic E-state index is -3.63. The molecule has 2 aromatic rings. The molecule has 1 aromatic heterocycles. The Balaban J connectivity index is 1.64. The van der Waals surface area contributed by atoms with Crippen LogP contribution in [-0.4, -0.2) is 54.8 Å². The first-order valence-electron chi connectivity index (χ1n) is 9.18. The molecule has 2 aliphatic rings. The van der Waals surface area contributed by atoms with Crippen molar-refractivity contribution >= 4 is 26.9 Å². The summed E-state index contributed by atoms with van der Waals surface area (Å²) in [5, 5.41) is 0.249. The second-order valence-corrected chi connectivity index (χ2v) is 9.53. The van der Waals surface area contributed by atoms with Crippen LogP contribution in [0.5, 0.6) is 0 Å². The summed E-state index contributed by atoms with van der Waals surface area (Å²) in [6.45, 7) is 0. The van der Waals surface area contributed by atoms with Crippen molar-refractivity contribution in [3.05, 3.63) is 35.8 Å². The molecule has 2 fully saturated rings. The fraction of sp³-hybridized carbons (Fsp3) is 0.526. The van der Waals surface area contributed by atoms with Gasteiger partial charge in [0.25, 0.3) is 0 Å². The third-order valence-corrected chi connectivity index (χ3v) is 6.90. The largest absolute Gasteiger partial charge is 0.459 e. The summed E-state index contributed by atoms with van der Waals surface area (Å²) in [7, 11) is -1.51. The Morgan fingerprint density at radius 3 is 2.52 bits per heavy atom. The monoisotopic (exact) mass is 394 g/mol. The molecule has 0 amide bonds. The van der Waals surface area contributed by atoms with E-state index in [-0.39, 0.29) is 22.6 Å². The Morgan fingerprint density at radius 2 is 1.89 bits per heavy atom. The van der Waals surface area contributed by atoms with Crippen LogP contribution >= 0.6 is 0 Å². The summed E-state index contributed by atoms with van der Waals surface area (Å²) in [6, 6.07) is 4.53. The van der Waals surface area contributed by atoms with E-state index in [2.05, 4.69) is 11.9 Å². The summed E-state index contributed by atoms with van der Waals surface area (Å²) in [5.74, 6) is -1.13. The number of ether oxygens (including phenoxy) is 1. The van der Waals surface area contributed by atoms with Gasteiger partial charge in [0, 0.05) is 36.5 Å². The molecule has 2 bridgehead atoms. The van der Waals surface area contributed by atoms with E-state index in [1.54, 1.807) is 0 Å². The van der Waals surface area contributed by atoms with Crippen molar-refractivity contribution in [2.24, 2.45) is 0 Å². The number of hydrogen-bond acceptors (Lipinski definition) is 5. The van der Waals surface area contributed by atoms with Crippen molar-refractivity contribution in [3.8, 4) is 0 Å². The standard InChI is InChI=1S/C19H23FN2O4S/c1-21-13-4-3-5-14(21)10-15(9-13)26-19(23)17-11-22(27(2,24)25)18-7-6-12(20)8-16(17)18/h6-8,11,13-15H,3-5,9-10H2,1-2H3. The van der Waals surface area contributed by atoms with Crippen LogP contribution in [0.3, 0.4) is 0 Å². The van der Waals surface area contributed by atoms with Gasteiger partial charge in [0.1, 0.15) is 11.9 Å². The fourth-order valence-electron chi connectivity index (χ4n) is 4.49. The smallest absolute Gasteiger partial charge is 0.340 e. The predicted octanol–water partition coefficient (Wildman–Crippen LogP) is 2.76. The zero-order valence-electron chi connectivity index (χ0n) is 15.4. The van der Waals surface area contributed by atoms with Crippen LogP contribution < -0.4 is 0 Å². The molecule has 0 saturated carbocycles. The van der Waals surface area contributed by atoms with Crippen molar-refractivity contribution in [1.82, 2.24) is 8.87 Å². The lowest BCUT2D eigenvalue weighted by Gasteiger charge is -2.46. The zero-order valence-corrected chi connectivity index (χ0v) is 16.2. The van der Waals surface area contributed by atoms with Crippen LogP contribution in [0.1, 0.15) is 42.5 Å². The Bertz CT molecular complexity index is 987. The SMILES string of the molecule is CN1C2CCCC1CC(OC(=O)c1cn(S(C)(=O)=O)c3ccc(F)cc13)C2. The molecule has 0 aliphatic carbocycles. The van der Waals surface area contributed by atoms with E-state index >= 15 is 0 Å². The molecular formula is C19H23FN2O4S. The molecule has 6 nitrogen and oxygen atoms in total. The highest BCUT2D eigenvalue weighted by molar-refractivity contribution is 7.89. The molecule has 8 heteroatoms. The van der Waals surface area contributed by atoms with Gasteiger partial charge in [0.15, 0.2) is 0 Å². The molecule has 1 aromatic carbocycles. The molecule has 2 saturated heterocycles. The molecule has 2 atom stereocenters. The molecule has 2 unspecified atom stereocenters. The van der Waals surface area contributed by atoms with Crippen LogP contribution in [-0.2, 0) is 14.8 Å². The van der Waals surface area contributed by atoms with Gasteiger partial charge in [0.05, 0.1) is 17.3 Å². The van der Waals surface area contributed by atoms with Gasteiger partial charge in [-0.05, 0) is 38.1 Å². The van der Waals surface area contributed by atoms with Crippen molar-refractivity contribution in [2.75, 3.05) is 13.3 Å². The third-order valence-electron chi connectivity index (χ3n) is 5.88. The van der Waals surface area contributed by atoms with Crippen LogP contribution in [0.15, 0.2) is 24.4 Å². The quantitative estimate of drug-likeness (QED) is 0.749. The van der Waals surface area contributed by atoms with Crippen molar-refractivity contribution < 1.29 is 22.3 Å². The third kappa shape index (κ3) is 3.36. The minimum absolute atomic E-state index is 0.0824. The summed E-state index contributed by atoms with van der Waals surface area (Å²) < 4.78 is 44.5. The lowest BCUT2D eigenvalue weighted by atomic mass is 9.83. The van der Waals surface area contributed by atoms with E-state index in [0.717, 1.165) is 35.9 Å². The van der Waals surface area contributed by atoms with Gasteiger partial charge < -0.3 is 9.64 Å². The number of rotatable bonds is 3. The normalized spacial score (nSPS) is 26.3. The van der Waals surface area contributed by atoms with Crippen LogP contribution in [0.4, 0.5) is 4.39 Å². The van der Waals surface area contributed by atoms with Crippen LogP contribution in [0.2, 0.25) is 0 Å². The van der Waals surface area contributed by atoms with Gasteiger partial charge >= 0.3 is 5.97 Å². The molecule has 4 rings (SSSR count). The maximum absolute atomic E-state index is 13.7. The molecular weight excluding hydrogens is 371 g/mol. The van der Waals surface area contributed by atoms with Crippen LogP contribution in [0, 0.1) is 5.82 Å². The Hall–Kier alpha value is -1.93. The first-order chi connectivity index (χ1) is 12.7. The van der Waals surface area contributed by atoms with Crippen LogP contribution in [0.25, 0.3) is 10.9 Å². The van der Waals surface area contributed by atoms with Crippen molar-refractivity contribution in [3.63, 3.8) is 0 Å². The summed E-state index contributed by atoms with van der Waals surface area (Å²) in [6.07, 6.45) is 7.02. The summed E-state index contributed by atoms with van der Waals surface area (Å²) >= 11 is 0. The van der Waals surface area contributed by atoms with Gasteiger partial charge in [-0.2, -0.15) is 0 Å². The van der Waals surface area contributed by atoms with Crippen molar-refractivity contribution in [2.45, 2.75) is 50.3 Å². The number of fused-ring (bicyclic) bond motifs is 3. The number of esters is 1. The summed E-state index contributed by atoms with van der Waals surface area (Å²) in [4.78, 5) is 15.2. The number of piperidine rings is 2. The Kier molecular flexibility index (Phi) is 4.50. The maximum atomic E-state index is 13.7. The molecule has 3 heterocycles. The Morgan fingerprint density at radius 1 is 1.22 bits per heavy atom. The Labute approximate surface area is 157 Å². The van der Waals surface area contributed by atoms with E-state index in [4.69, 9.17) is 4.74 Å². The highest BCUT2D eigenvalue weighted by atomic mass is 32.2. The number of halogens is 1. The molecule has 146 valence electrons. The average Bonchev–Trinajstić information content (AvgIpc) is 2.94. The number of carbonyl (C=O) groups excluding carboxylic acids is 1. The summed E-state index contributed by atoms with van der Waals surface area (Å²) in [5.41, 5.74) is 0.352. The van der Waals surface area contributed by atoms with E-state index < -0.39 is 21.8 Å². The van der Waals surface area contributed by atoms with Gasteiger partial charge in [-0.3, -0.25) is 0 Å². The highest BCUT2D eigenvalue weighted by Crippen LogP contribution is 2.34. The number of aromatic nitrogens is 1. The number of carbonyl (C=O) groups is 1. The maximum Gasteiger partial charge on any atom is 0.340 e. The number of benzene rings is 1. The molecule has 0 N–H and O–H groups in total. The number of nitrogens with zero attached hydrogens (tertiary/aromatic N) is 2. The lowest BCUT2D eigenvalue weighted by Crippen LogP contribution is -2.52. The number of hydrogen-bond donors (Lipinski definition) is 0. The van der Waals surface area contributed by atoms with E-state index in [0.29, 0.717) is 12.1 Å². The van der Waals surface area contributed by atoms with Crippen molar-refractivity contribution in [1.29, 1.82) is 0 Å². The van der Waals surface area contributed by atoms with Gasteiger partial charge in [-0.25, -0.2) is 21.6 Å². The molecule has 0 spiro atoms. The second-order valence-electron chi connectivity index (χ2n) is 7.67. The van der Waals surface area contributed by atoms with Gasteiger partial charge in [0.2, 0.25) is 10.0 Å². The molecule has 0 radical (unpaired) electrons.